The third-order valence-corrected chi connectivity index (χ3v) is 5.53. The second kappa shape index (κ2) is 6.48. The molecule has 120 valence electrons. The summed E-state index contributed by atoms with van der Waals surface area (Å²) in [5.74, 6) is -0.0758. The molecular formula is C15H20N2O4S. The van der Waals surface area contributed by atoms with Crippen LogP contribution in [0.5, 0.6) is 0 Å². The van der Waals surface area contributed by atoms with Crippen molar-refractivity contribution in [1.29, 1.82) is 0 Å². The number of nitrogens with one attached hydrogen (secondary N) is 1. The van der Waals surface area contributed by atoms with Crippen LogP contribution in [0.3, 0.4) is 0 Å². The number of hydrogen-bond acceptors (Lipinski definition) is 4. The van der Waals surface area contributed by atoms with E-state index in [1.807, 2.05) is 0 Å². The fourth-order valence-corrected chi connectivity index (χ4v) is 4.07. The first-order valence-corrected chi connectivity index (χ1v) is 8.92. The van der Waals surface area contributed by atoms with Gasteiger partial charge >= 0.3 is 0 Å². The zero-order chi connectivity index (χ0) is 16.3. The molecule has 1 saturated heterocycles. The molecule has 7 heteroatoms. The molecule has 0 aliphatic carbocycles. The van der Waals surface area contributed by atoms with Crippen molar-refractivity contribution < 1.29 is 18.0 Å². The van der Waals surface area contributed by atoms with E-state index >= 15 is 0 Å². The highest BCUT2D eigenvalue weighted by atomic mass is 32.2. The number of carbonyl (C=O) groups is 2. The van der Waals surface area contributed by atoms with Gasteiger partial charge in [-0.1, -0.05) is 12.1 Å². The summed E-state index contributed by atoms with van der Waals surface area (Å²) in [4.78, 5) is 24.7. The van der Waals surface area contributed by atoms with Crippen LogP contribution in [-0.2, 0) is 25.8 Å². The Labute approximate surface area is 130 Å². The molecule has 1 N–H and O–H groups in total. The SMILES string of the molecule is CC(=O)N(C)c1ccc(CC(=O)NC2CCS(=O)(=O)C2)cc1. The van der Waals surface area contributed by atoms with Gasteiger partial charge in [-0.15, -0.1) is 0 Å². The average Bonchev–Trinajstić information content (AvgIpc) is 2.77. The van der Waals surface area contributed by atoms with Crippen LogP contribution in [0.1, 0.15) is 18.9 Å². The molecule has 0 bridgehead atoms. The quantitative estimate of drug-likeness (QED) is 0.875. The van der Waals surface area contributed by atoms with Crippen molar-refractivity contribution >= 4 is 27.3 Å². The van der Waals surface area contributed by atoms with Crippen molar-refractivity contribution in [2.24, 2.45) is 0 Å². The van der Waals surface area contributed by atoms with E-state index in [4.69, 9.17) is 0 Å². The molecule has 1 fully saturated rings. The topological polar surface area (TPSA) is 83.6 Å². The largest absolute Gasteiger partial charge is 0.352 e. The average molecular weight is 324 g/mol. The summed E-state index contributed by atoms with van der Waals surface area (Å²) in [6.45, 7) is 1.48. The van der Waals surface area contributed by atoms with Crippen LogP contribution in [-0.4, -0.2) is 44.8 Å². The van der Waals surface area contributed by atoms with E-state index < -0.39 is 9.84 Å². The molecule has 0 spiro atoms. The summed E-state index contributed by atoms with van der Waals surface area (Å²) < 4.78 is 22.7. The van der Waals surface area contributed by atoms with Crippen LogP contribution >= 0.6 is 0 Å². The minimum atomic E-state index is -2.99. The molecule has 0 aromatic heterocycles. The summed E-state index contributed by atoms with van der Waals surface area (Å²) in [7, 11) is -1.30. The second-order valence-electron chi connectivity index (χ2n) is 5.59. The highest BCUT2D eigenvalue weighted by Crippen LogP contribution is 2.15. The molecule has 6 nitrogen and oxygen atoms in total. The van der Waals surface area contributed by atoms with Gasteiger partial charge in [0, 0.05) is 25.7 Å². The zero-order valence-electron chi connectivity index (χ0n) is 12.7. The summed E-state index contributed by atoms with van der Waals surface area (Å²) >= 11 is 0. The molecular weight excluding hydrogens is 304 g/mol. The van der Waals surface area contributed by atoms with E-state index in [0.717, 1.165) is 11.3 Å². The highest BCUT2D eigenvalue weighted by molar-refractivity contribution is 7.91. The van der Waals surface area contributed by atoms with E-state index in [1.54, 1.807) is 31.3 Å². The van der Waals surface area contributed by atoms with Gasteiger partial charge in [0.25, 0.3) is 0 Å². The van der Waals surface area contributed by atoms with Gasteiger partial charge in [0.05, 0.1) is 17.9 Å². The number of rotatable bonds is 4. The highest BCUT2D eigenvalue weighted by Gasteiger charge is 2.28. The van der Waals surface area contributed by atoms with Gasteiger partial charge < -0.3 is 10.2 Å². The van der Waals surface area contributed by atoms with Gasteiger partial charge in [-0.3, -0.25) is 9.59 Å². The lowest BCUT2D eigenvalue weighted by Crippen LogP contribution is -2.36. The molecule has 1 unspecified atom stereocenters. The van der Waals surface area contributed by atoms with Gasteiger partial charge in [0.2, 0.25) is 11.8 Å². The molecule has 1 aromatic carbocycles. The van der Waals surface area contributed by atoms with Crippen molar-refractivity contribution in [3.05, 3.63) is 29.8 Å². The Morgan fingerprint density at radius 2 is 1.91 bits per heavy atom. The van der Waals surface area contributed by atoms with Crippen LogP contribution < -0.4 is 10.2 Å². The molecule has 0 radical (unpaired) electrons. The van der Waals surface area contributed by atoms with Crippen LogP contribution in [0.2, 0.25) is 0 Å². The number of hydrogen-bond donors (Lipinski definition) is 1. The predicted octanol–water partition coefficient (Wildman–Crippen LogP) is 0.515. The molecule has 0 saturated carbocycles. The fraction of sp³-hybridized carbons (Fsp3) is 0.467. The molecule has 1 aliphatic rings. The van der Waals surface area contributed by atoms with E-state index in [0.29, 0.717) is 6.42 Å². The number of anilines is 1. The van der Waals surface area contributed by atoms with Crippen molar-refractivity contribution in [1.82, 2.24) is 5.32 Å². The van der Waals surface area contributed by atoms with E-state index in [2.05, 4.69) is 5.32 Å². The normalized spacial score (nSPS) is 19.6. The predicted molar refractivity (Wildman–Crippen MR) is 84.4 cm³/mol. The number of carbonyl (C=O) groups excluding carboxylic acids is 2. The lowest BCUT2D eigenvalue weighted by molar-refractivity contribution is -0.121. The maximum Gasteiger partial charge on any atom is 0.224 e. The van der Waals surface area contributed by atoms with Gasteiger partial charge in [-0.25, -0.2) is 8.42 Å². The van der Waals surface area contributed by atoms with Crippen LogP contribution in [0.4, 0.5) is 5.69 Å². The first-order chi connectivity index (χ1) is 10.3. The van der Waals surface area contributed by atoms with Gasteiger partial charge in [0.1, 0.15) is 0 Å². The molecule has 1 aromatic rings. The van der Waals surface area contributed by atoms with E-state index in [1.165, 1.54) is 11.8 Å². The molecule has 1 aliphatic heterocycles. The zero-order valence-corrected chi connectivity index (χ0v) is 13.5. The van der Waals surface area contributed by atoms with Crippen molar-refractivity contribution in [2.75, 3.05) is 23.5 Å². The summed E-state index contributed by atoms with van der Waals surface area (Å²) in [6.07, 6.45) is 0.678. The Morgan fingerprint density at radius 1 is 1.27 bits per heavy atom. The summed E-state index contributed by atoms with van der Waals surface area (Å²) in [5.41, 5.74) is 1.58. The third-order valence-electron chi connectivity index (χ3n) is 3.76. The van der Waals surface area contributed by atoms with Gasteiger partial charge in [0.15, 0.2) is 9.84 Å². The van der Waals surface area contributed by atoms with Crippen molar-refractivity contribution in [3.63, 3.8) is 0 Å². The van der Waals surface area contributed by atoms with Gasteiger partial charge in [-0.2, -0.15) is 0 Å². The molecule has 2 rings (SSSR count). The number of sulfone groups is 1. The fourth-order valence-electron chi connectivity index (χ4n) is 2.39. The maximum atomic E-state index is 11.9. The molecule has 1 atom stereocenters. The van der Waals surface area contributed by atoms with Crippen LogP contribution in [0, 0.1) is 0 Å². The smallest absolute Gasteiger partial charge is 0.224 e. The third kappa shape index (κ3) is 4.30. The Kier molecular flexibility index (Phi) is 4.85. The number of nitrogens with zero attached hydrogens (tertiary/aromatic N) is 1. The molecule has 1 heterocycles. The Balaban J connectivity index is 1.91. The monoisotopic (exact) mass is 324 g/mol. The van der Waals surface area contributed by atoms with E-state index in [9.17, 15) is 18.0 Å². The summed E-state index contributed by atoms with van der Waals surface area (Å²) in [6, 6.07) is 6.87. The lowest BCUT2D eigenvalue weighted by atomic mass is 10.1. The van der Waals surface area contributed by atoms with Crippen molar-refractivity contribution in [3.8, 4) is 0 Å². The second-order valence-corrected chi connectivity index (χ2v) is 7.82. The van der Waals surface area contributed by atoms with Crippen molar-refractivity contribution in [2.45, 2.75) is 25.8 Å². The van der Waals surface area contributed by atoms with Crippen LogP contribution in [0.25, 0.3) is 0 Å². The maximum absolute atomic E-state index is 11.9. The van der Waals surface area contributed by atoms with E-state index in [-0.39, 0.29) is 35.8 Å². The van der Waals surface area contributed by atoms with Gasteiger partial charge in [-0.05, 0) is 24.1 Å². The first kappa shape index (κ1) is 16.5. The lowest BCUT2D eigenvalue weighted by Gasteiger charge is -2.15. The first-order valence-electron chi connectivity index (χ1n) is 7.10. The standard InChI is InChI=1S/C15H20N2O4S/c1-11(18)17(2)14-5-3-12(4-6-14)9-15(19)16-13-7-8-22(20,21)10-13/h3-6,13H,7-10H2,1-2H3,(H,16,19). The Bertz CT molecular complexity index is 667. The number of benzene rings is 1. The summed E-state index contributed by atoms with van der Waals surface area (Å²) in [5, 5.41) is 2.76. The minimum Gasteiger partial charge on any atom is -0.352 e. The number of amides is 2. The Morgan fingerprint density at radius 3 is 2.41 bits per heavy atom. The molecule has 22 heavy (non-hydrogen) atoms. The van der Waals surface area contributed by atoms with Crippen LogP contribution in [0.15, 0.2) is 24.3 Å². The Hall–Kier alpha value is -1.89. The minimum absolute atomic E-state index is 0.0289. The molecule has 2 amide bonds.